The summed E-state index contributed by atoms with van der Waals surface area (Å²) in [6.45, 7) is 1.71. The summed E-state index contributed by atoms with van der Waals surface area (Å²) in [4.78, 5) is 0. The highest BCUT2D eigenvalue weighted by atomic mass is 16.5. The molecule has 1 unspecified atom stereocenters. The number of nitrogens with one attached hydrogen (secondary N) is 1. The van der Waals surface area contributed by atoms with Gasteiger partial charge in [-0.2, -0.15) is 0 Å². The minimum Gasteiger partial charge on any atom is -0.495 e. The van der Waals surface area contributed by atoms with Crippen molar-refractivity contribution in [3.8, 4) is 5.75 Å². The molecule has 0 spiro atoms. The van der Waals surface area contributed by atoms with Crippen LogP contribution in [0.1, 0.15) is 24.3 Å². The highest BCUT2D eigenvalue weighted by Gasteiger charge is 2.19. The monoisotopic (exact) mass is 206 g/mol. The van der Waals surface area contributed by atoms with E-state index in [0.29, 0.717) is 12.5 Å². The van der Waals surface area contributed by atoms with Crippen LogP contribution < -0.4 is 15.8 Å². The van der Waals surface area contributed by atoms with E-state index in [9.17, 15) is 0 Å². The number of rotatable bonds is 2. The van der Waals surface area contributed by atoms with E-state index in [-0.39, 0.29) is 0 Å². The second-order valence-corrected chi connectivity index (χ2v) is 3.93. The Balaban J connectivity index is 2.44. The molecule has 0 bridgehead atoms. The first kappa shape index (κ1) is 10.3. The summed E-state index contributed by atoms with van der Waals surface area (Å²) in [5, 5.41) is 3.43. The molecule has 1 aliphatic heterocycles. The molecule has 82 valence electrons. The van der Waals surface area contributed by atoms with E-state index in [1.54, 1.807) is 7.11 Å². The fourth-order valence-corrected chi connectivity index (χ4v) is 2.21. The predicted molar refractivity (Wildman–Crippen MR) is 62.5 cm³/mol. The molecular weight excluding hydrogens is 188 g/mol. The molecule has 0 aliphatic carbocycles. The van der Waals surface area contributed by atoms with E-state index in [1.807, 2.05) is 12.1 Å². The number of para-hydroxylation sites is 1. The van der Waals surface area contributed by atoms with Gasteiger partial charge in [0.05, 0.1) is 12.8 Å². The Kier molecular flexibility index (Phi) is 3.11. The van der Waals surface area contributed by atoms with Crippen molar-refractivity contribution < 1.29 is 4.74 Å². The topological polar surface area (TPSA) is 47.3 Å². The number of hydrogen-bond donors (Lipinski definition) is 2. The minimum atomic E-state index is 0.463. The molecular formula is C12H18N2O. The highest BCUT2D eigenvalue weighted by molar-refractivity contribution is 5.63. The van der Waals surface area contributed by atoms with Gasteiger partial charge in [-0.15, -0.1) is 0 Å². The number of anilines is 1. The Morgan fingerprint density at radius 2 is 2.40 bits per heavy atom. The van der Waals surface area contributed by atoms with E-state index >= 15 is 0 Å². The normalized spacial score (nSPS) is 20.0. The van der Waals surface area contributed by atoms with Crippen LogP contribution in [0, 0.1) is 0 Å². The molecule has 0 saturated heterocycles. The van der Waals surface area contributed by atoms with Crippen molar-refractivity contribution in [2.45, 2.75) is 18.8 Å². The van der Waals surface area contributed by atoms with Crippen molar-refractivity contribution in [1.82, 2.24) is 0 Å². The summed E-state index contributed by atoms with van der Waals surface area (Å²) >= 11 is 0. The van der Waals surface area contributed by atoms with Crippen LogP contribution in [0.2, 0.25) is 0 Å². The zero-order valence-electron chi connectivity index (χ0n) is 9.12. The SMILES string of the molecule is COc1cccc2c1NCCCC2CN. The molecule has 3 nitrogen and oxygen atoms in total. The number of hydrogen-bond acceptors (Lipinski definition) is 3. The lowest BCUT2D eigenvalue weighted by Gasteiger charge is -2.17. The second kappa shape index (κ2) is 4.53. The molecule has 0 amide bonds. The molecule has 15 heavy (non-hydrogen) atoms. The summed E-state index contributed by atoms with van der Waals surface area (Å²) in [6.07, 6.45) is 2.32. The average molecular weight is 206 g/mol. The molecule has 0 fully saturated rings. The summed E-state index contributed by atoms with van der Waals surface area (Å²) in [5.74, 6) is 1.39. The van der Waals surface area contributed by atoms with Crippen molar-refractivity contribution in [3.05, 3.63) is 23.8 Å². The first-order chi connectivity index (χ1) is 7.36. The van der Waals surface area contributed by atoms with E-state index < -0.39 is 0 Å². The van der Waals surface area contributed by atoms with Gasteiger partial charge in [-0.3, -0.25) is 0 Å². The number of benzene rings is 1. The number of ether oxygens (including phenoxy) is 1. The molecule has 2 rings (SSSR count). The van der Waals surface area contributed by atoms with E-state index in [1.165, 1.54) is 12.0 Å². The van der Waals surface area contributed by atoms with Gasteiger partial charge in [0.25, 0.3) is 0 Å². The molecule has 1 aromatic rings. The van der Waals surface area contributed by atoms with Gasteiger partial charge in [-0.05, 0) is 36.9 Å². The summed E-state index contributed by atoms with van der Waals surface area (Å²) in [6, 6.07) is 6.17. The maximum atomic E-state index is 5.81. The van der Waals surface area contributed by atoms with Crippen LogP contribution in [0.5, 0.6) is 5.75 Å². The molecule has 3 heteroatoms. The van der Waals surface area contributed by atoms with Crippen molar-refractivity contribution in [2.24, 2.45) is 5.73 Å². The smallest absolute Gasteiger partial charge is 0.142 e. The Morgan fingerprint density at radius 1 is 1.53 bits per heavy atom. The third kappa shape index (κ3) is 1.92. The van der Waals surface area contributed by atoms with Crippen molar-refractivity contribution in [3.63, 3.8) is 0 Å². The van der Waals surface area contributed by atoms with Gasteiger partial charge in [0, 0.05) is 6.54 Å². The van der Waals surface area contributed by atoms with Crippen LogP contribution in [0.15, 0.2) is 18.2 Å². The average Bonchev–Trinajstić information content (AvgIpc) is 2.50. The number of methoxy groups -OCH3 is 1. The first-order valence-electron chi connectivity index (χ1n) is 5.47. The van der Waals surface area contributed by atoms with Gasteiger partial charge >= 0.3 is 0 Å². The fourth-order valence-electron chi connectivity index (χ4n) is 2.21. The molecule has 1 aliphatic rings. The lowest BCUT2D eigenvalue weighted by Crippen LogP contribution is -2.12. The Labute approximate surface area is 90.6 Å². The number of fused-ring (bicyclic) bond motifs is 1. The largest absolute Gasteiger partial charge is 0.495 e. The Hall–Kier alpha value is -1.22. The maximum absolute atomic E-state index is 5.81. The van der Waals surface area contributed by atoms with Crippen molar-refractivity contribution in [2.75, 3.05) is 25.5 Å². The van der Waals surface area contributed by atoms with Crippen molar-refractivity contribution in [1.29, 1.82) is 0 Å². The molecule has 1 aromatic carbocycles. The molecule has 0 radical (unpaired) electrons. The highest BCUT2D eigenvalue weighted by Crippen LogP contribution is 2.36. The molecule has 3 N–H and O–H groups in total. The van der Waals surface area contributed by atoms with Gasteiger partial charge in [-0.1, -0.05) is 12.1 Å². The van der Waals surface area contributed by atoms with Gasteiger partial charge < -0.3 is 15.8 Å². The van der Waals surface area contributed by atoms with Gasteiger partial charge in [0.15, 0.2) is 0 Å². The second-order valence-electron chi connectivity index (χ2n) is 3.93. The zero-order valence-corrected chi connectivity index (χ0v) is 9.12. The molecule has 1 heterocycles. The quantitative estimate of drug-likeness (QED) is 0.777. The third-order valence-electron chi connectivity index (χ3n) is 3.03. The number of nitrogens with two attached hydrogens (primary N) is 1. The predicted octanol–water partition coefficient (Wildman–Crippen LogP) is 1.94. The summed E-state index contributed by atoms with van der Waals surface area (Å²) in [7, 11) is 1.71. The van der Waals surface area contributed by atoms with Gasteiger partial charge in [0.1, 0.15) is 5.75 Å². The van der Waals surface area contributed by atoms with Crippen LogP contribution >= 0.6 is 0 Å². The van der Waals surface area contributed by atoms with Crippen molar-refractivity contribution >= 4 is 5.69 Å². The van der Waals surface area contributed by atoms with Crippen LogP contribution in [0.4, 0.5) is 5.69 Å². The van der Waals surface area contributed by atoms with Gasteiger partial charge in [0.2, 0.25) is 0 Å². The lowest BCUT2D eigenvalue weighted by atomic mass is 9.94. The van der Waals surface area contributed by atoms with Crippen LogP contribution in [-0.2, 0) is 0 Å². The van der Waals surface area contributed by atoms with Gasteiger partial charge in [-0.25, -0.2) is 0 Å². The van der Waals surface area contributed by atoms with E-state index in [4.69, 9.17) is 10.5 Å². The Morgan fingerprint density at radius 3 is 3.13 bits per heavy atom. The standard InChI is InChI=1S/C12H18N2O/c1-15-11-6-2-5-10-9(8-13)4-3-7-14-12(10)11/h2,5-6,9,14H,3-4,7-8,13H2,1H3. The third-order valence-corrected chi connectivity index (χ3v) is 3.03. The van der Waals surface area contributed by atoms with E-state index in [2.05, 4.69) is 11.4 Å². The van der Waals surface area contributed by atoms with Crippen LogP contribution in [-0.4, -0.2) is 20.2 Å². The van der Waals surface area contributed by atoms with E-state index in [0.717, 1.165) is 24.4 Å². The zero-order chi connectivity index (χ0) is 10.7. The Bertz CT molecular complexity index is 338. The fraction of sp³-hybridized carbons (Fsp3) is 0.500. The molecule has 0 aromatic heterocycles. The summed E-state index contributed by atoms with van der Waals surface area (Å²) in [5.41, 5.74) is 8.24. The summed E-state index contributed by atoms with van der Waals surface area (Å²) < 4.78 is 5.36. The minimum absolute atomic E-state index is 0.463. The lowest BCUT2D eigenvalue weighted by molar-refractivity contribution is 0.416. The van der Waals surface area contributed by atoms with Crippen LogP contribution in [0.3, 0.4) is 0 Å². The molecule has 1 atom stereocenters. The van der Waals surface area contributed by atoms with Crippen LogP contribution in [0.25, 0.3) is 0 Å². The maximum Gasteiger partial charge on any atom is 0.142 e. The molecule has 0 saturated carbocycles. The first-order valence-corrected chi connectivity index (χ1v) is 5.47.